The normalized spacial score (nSPS) is 16.7. The Morgan fingerprint density at radius 2 is 2.00 bits per heavy atom. The average Bonchev–Trinajstić information content (AvgIpc) is 2.41. The zero-order chi connectivity index (χ0) is 13.7. The molecular formula is C13H14Cl2N2O2. The maximum atomic E-state index is 11.7. The van der Waals surface area contributed by atoms with Gasteiger partial charge in [-0.15, -0.1) is 0 Å². The van der Waals surface area contributed by atoms with Crippen LogP contribution in [0.1, 0.15) is 5.56 Å². The minimum Gasteiger partial charge on any atom is -0.379 e. The van der Waals surface area contributed by atoms with Gasteiger partial charge in [-0.05, 0) is 23.8 Å². The smallest absolute Gasteiger partial charge is 0.258 e. The summed E-state index contributed by atoms with van der Waals surface area (Å²) in [5.74, 6) is -0.173. The lowest BCUT2D eigenvalue weighted by Gasteiger charge is -2.26. The van der Waals surface area contributed by atoms with E-state index < -0.39 is 0 Å². The molecule has 0 spiro atoms. The van der Waals surface area contributed by atoms with Gasteiger partial charge in [0.2, 0.25) is 0 Å². The standard InChI is InChI=1S/C13H14Cl2N2O2/c14-11-3-1-10(9-12(11)15)2-4-13(18)16-17-5-7-19-8-6-17/h1-4,9H,5-8H2,(H,16,18)/b4-2+. The highest BCUT2D eigenvalue weighted by atomic mass is 35.5. The van der Waals surface area contributed by atoms with Crippen molar-refractivity contribution >= 4 is 35.2 Å². The number of morpholine rings is 1. The molecule has 19 heavy (non-hydrogen) atoms. The lowest BCUT2D eigenvalue weighted by atomic mass is 10.2. The number of nitrogens with zero attached hydrogens (tertiary/aromatic N) is 1. The van der Waals surface area contributed by atoms with Crippen molar-refractivity contribution in [3.63, 3.8) is 0 Å². The van der Waals surface area contributed by atoms with Gasteiger partial charge >= 0.3 is 0 Å². The molecule has 4 nitrogen and oxygen atoms in total. The van der Waals surface area contributed by atoms with Crippen molar-refractivity contribution in [2.24, 2.45) is 0 Å². The number of nitrogens with one attached hydrogen (secondary N) is 1. The van der Waals surface area contributed by atoms with Crippen molar-refractivity contribution in [1.29, 1.82) is 0 Å². The van der Waals surface area contributed by atoms with E-state index in [1.54, 1.807) is 24.3 Å². The third-order valence-corrected chi connectivity index (χ3v) is 3.39. The summed E-state index contributed by atoms with van der Waals surface area (Å²) in [5, 5.41) is 2.80. The SMILES string of the molecule is O=C(/C=C/c1ccc(Cl)c(Cl)c1)NN1CCOCC1. The molecule has 1 aliphatic rings. The van der Waals surface area contributed by atoms with Crippen LogP contribution < -0.4 is 5.43 Å². The van der Waals surface area contributed by atoms with Crippen molar-refractivity contribution in [3.05, 3.63) is 39.9 Å². The number of hydrogen-bond donors (Lipinski definition) is 1. The summed E-state index contributed by atoms with van der Waals surface area (Å²) >= 11 is 11.7. The predicted octanol–water partition coefficient (Wildman–Crippen LogP) is 2.37. The second-order valence-electron chi connectivity index (χ2n) is 4.08. The zero-order valence-electron chi connectivity index (χ0n) is 10.2. The number of ether oxygens (including phenoxy) is 1. The topological polar surface area (TPSA) is 41.6 Å². The van der Waals surface area contributed by atoms with E-state index in [2.05, 4.69) is 5.43 Å². The van der Waals surface area contributed by atoms with Crippen LogP contribution in [-0.4, -0.2) is 37.2 Å². The van der Waals surface area contributed by atoms with Crippen LogP contribution in [0.3, 0.4) is 0 Å². The molecule has 1 aromatic rings. The van der Waals surface area contributed by atoms with Gasteiger partial charge in [-0.1, -0.05) is 29.3 Å². The van der Waals surface area contributed by atoms with Crippen LogP contribution in [0.2, 0.25) is 10.0 Å². The van der Waals surface area contributed by atoms with Crippen LogP contribution >= 0.6 is 23.2 Å². The molecule has 1 aliphatic heterocycles. The van der Waals surface area contributed by atoms with Gasteiger partial charge in [-0.3, -0.25) is 10.2 Å². The van der Waals surface area contributed by atoms with E-state index in [4.69, 9.17) is 27.9 Å². The minimum absolute atomic E-state index is 0.173. The second-order valence-corrected chi connectivity index (χ2v) is 4.90. The van der Waals surface area contributed by atoms with Gasteiger partial charge in [-0.25, -0.2) is 5.01 Å². The fourth-order valence-corrected chi connectivity index (χ4v) is 1.96. The molecule has 0 unspecified atom stereocenters. The first-order valence-corrected chi connectivity index (χ1v) is 6.67. The van der Waals surface area contributed by atoms with E-state index in [1.165, 1.54) is 6.08 Å². The van der Waals surface area contributed by atoms with Gasteiger partial charge in [-0.2, -0.15) is 0 Å². The fourth-order valence-electron chi connectivity index (χ4n) is 1.66. The number of halogens is 2. The largest absolute Gasteiger partial charge is 0.379 e. The number of rotatable bonds is 3. The van der Waals surface area contributed by atoms with Crippen molar-refractivity contribution in [2.45, 2.75) is 0 Å². The molecule has 1 fully saturated rings. The molecule has 1 N–H and O–H groups in total. The van der Waals surface area contributed by atoms with Crippen LogP contribution in [0, 0.1) is 0 Å². The molecular weight excluding hydrogens is 287 g/mol. The summed E-state index contributed by atoms with van der Waals surface area (Å²) in [4.78, 5) is 11.7. The van der Waals surface area contributed by atoms with Crippen LogP contribution in [0.25, 0.3) is 6.08 Å². The van der Waals surface area contributed by atoms with Crippen LogP contribution in [0.4, 0.5) is 0 Å². The minimum atomic E-state index is -0.173. The number of hydrogen-bond acceptors (Lipinski definition) is 3. The highest BCUT2D eigenvalue weighted by molar-refractivity contribution is 6.42. The Balaban J connectivity index is 1.90. The third-order valence-electron chi connectivity index (χ3n) is 2.65. The molecule has 0 aromatic heterocycles. The van der Waals surface area contributed by atoms with Crippen molar-refractivity contribution in [3.8, 4) is 0 Å². The number of hydrazine groups is 1. The first-order valence-electron chi connectivity index (χ1n) is 5.91. The fraction of sp³-hybridized carbons (Fsp3) is 0.308. The maximum Gasteiger partial charge on any atom is 0.258 e. The van der Waals surface area contributed by atoms with E-state index in [1.807, 2.05) is 5.01 Å². The van der Waals surface area contributed by atoms with E-state index in [-0.39, 0.29) is 5.91 Å². The summed E-state index contributed by atoms with van der Waals surface area (Å²) in [6, 6.07) is 5.21. The first kappa shape index (κ1) is 14.3. The Bertz CT molecular complexity index is 486. The number of benzene rings is 1. The first-order chi connectivity index (χ1) is 9.15. The third kappa shape index (κ3) is 4.51. The predicted molar refractivity (Wildman–Crippen MR) is 76.0 cm³/mol. The van der Waals surface area contributed by atoms with E-state index >= 15 is 0 Å². The monoisotopic (exact) mass is 300 g/mol. The Hall–Kier alpha value is -1.07. The molecule has 0 radical (unpaired) electrons. The molecule has 1 heterocycles. The van der Waals surface area contributed by atoms with Crippen LogP contribution in [-0.2, 0) is 9.53 Å². The molecule has 0 aliphatic carbocycles. The molecule has 1 amide bonds. The van der Waals surface area contributed by atoms with E-state index in [0.29, 0.717) is 36.3 Å². The summed E-state index contributed by atoms with van der Waals surface area (Å²) in [6.45, 7) is 2.67. The Morgan fingerprint density at radius 1 is 1.26 bits per heavy atom. The lowest BCUT2D eigenvalue weighted by molar-refractivity contribution is -0.123. The van der Waals surface area contributed by atoms with E-state index in [0.717, 1.165) is 5.56 Å². The molecule has 2 rings (SSSR count). The number of amides is 1. The quantitative estimate of drug-likeness (QED) is 0.872. The molecule has 0 atom stereocenters. The molecule has 102 valence electrons. The highest BCUT2D eigenvalue weighted by Gasteiger charge is 2.11. The second kappa shape index (κ2) is 6.91. The van der Waals surface area contributed by atoms with Crippen molar-refractivity contribution < 1.29 is 9.53 Å². The number of carbonyl (C=O) groups is 1. The molecule has 1 aromatic carbocycles. The summed E-state index contributed by atoms with van der Waals surface area (Å²) in [7, 11) is 0. The van der Waals surface area contributed by atoms with Gasteiger partial charge in [0.15, 0.2) is 0 Å². The number of carbonyl (C=O) groups excluding carboxylic acids is 1. The Morgan fingerprint density at radius 3 is 2.68 bits per heavy atom. The Kier molecular flexibility index (Phi) is 5.22. The molecule has 1 saturated heterocycles. The van der Waals surface area contributed by atoms with Gasteiger partial charge in [0.1, 0.15) is 0 Å². The summed E-state index contributed by atoms with van der Waals surface area (Å²) in [5.41, 5.74) is 3.61. The molecule has 6 heteroatoms. The zero-order valence-corrected chi connectivity index (χ0v) is 11.7. The average molecular weight is 301 g/mol. The van der Waals surface area contributed by atoms with Gasteiger partial charge in [0.05, 0.1) is 23.3 Å². The van der Waals surface area contributed by atoms with Crippen molar-refractivity contribution in [1.82, 2.24) is 10.4 Å². The highest BCUT2D eigenvalue weighted by Crippen LogP contribution is 2.23. The van der Waals surface area contributed by atoms with Gasteiger partial charge in [0.25, 0.3) is 5.91 Å². The summed E-state index contributed by atoms with van der Waals surface area (Å²) in [6.07, 6.45) is 3.16. The van der Waals surface area contributed by atoms with Crippen LogP contribution in [0.5, 0.6) is 0 Å². The lowest BCUT2D eigenvalue weighted by Crippen LogP contribution is -2.47. The summed E-state index contributed by atoms with van der Waals surface area (Å²) < 4.78 is 5.20. The molecule has 0 saturated carbocycles. The molecule has 0 bridgehead atoms. The Labute approximate surface area is 121 Å². The maximum absolute atomic E-state index is 11.7. The van der Waals surface area contributed by atoms with Crippen molar-refractivity contribution in [2.75, 3.05) is 26.3 Å². The van der Waals surface area contributed by atoms with Gasteiger partial charge < -0.3 is 4.74 Å². The van der Waals surface area contributed by atoms with Gasteiger partial charge in [0, 0.05) is 19.2 Å². The van der Waals surface area contributed by atoms with E-state index in [9.17, 15) is 4.79 Å². The van der Waals surface area contributed by atoms with Crippen LogP contribution in [0.15, 0.2) is 24.3 Å².